The van der Waals surface area contributed by atoms with Crippen LogP contribution in [-0.2, 0) is 15.2 Å². The third kappa shape index (κ3) is 5.84. The summed E-state index contributed by atoms with van der Waals surface area (Å²) in [5, 5.41) is 13.5. The number of nitrogens with zero attached hydrogens (tertiary/aromatic N) is 5. The summed E-state index contributed by atoms with van der Waals surface area (Å²) >= 11 is 2.98. The molecule has 11 heteroatoms. The van der Waals surface area contributed by atoms with E-state index in [0.29, 0.717) is 59.6 Å². The number of morpholine rings is 1. The van der Waals surface area contributed by atoms with E-state index in [4.69, 9.17) is 31.5 Å². The van der Waals surface area contributed by atoms with Crippen molar-refractivity contribution in [3.05, 3.63) is 52.3 Å². The molecule has 0 saturated carbocycles. The summed E-state index contributed by atoms with van der Waals surface area (Å²) in [5.74, 6) is 1.31. The van der Waals surface area contributed by atoms with Gasteiger partial charge in [0.2, 0.25) is 5.69 Å². The molecule has 1 aliphatic rings. The van der Waals surface area contributed by atoms with E-state index < -0.39 is 0 Å². The molecule has 9 nitrogen and oxygen atoms in total. The number of nitrogen functional groups attached to an aromatic ring is 1. The first kappa shape index (κ1) is 24.8. The molecule has 1 fully saturated rings. The Morgan fingerprint density at radius 1 is 1.26 bits per heavy atom. The first-order chi connectivity index (χ1) is 17.1. The van der Waals surface area contributed by atoms with Gasteiger partial charge in [-0.1, -0.05) is 23.9 Å². The quantitative estimate of drug-likeness (QED) is 0.256. The van der Waals surface area contributed by atoms with Gasteiger partial charge >= 0.3 is 0 Å². The van der Waals surface area contributed by atoms with Crippen molar-refractivity contribution in [1.82, 2.24) is 9.97 Å². The SMILES string of the molecule is [C-]#[N+]c1c(N)nc(SCc2csc(N3CCOCC3)n2)c(C#N)c1-c1ccc(OCCOC)cc1. The molecule has 2 N–H and O–H groups in total. The summed E-state index contributed by atoms with van der Waals surface area (Å²) in [6.45, 7) is 11.6. The summed E-state index contributed by atoms with van der Waals surface area (Å²) in [6, 6.07) is 9.47. The number of nitriles is 1. The fourth-order valence-corrected chi connectivity index (χ4v) is 5.41. The van der Waals surface area contributed by atoms with E-state index in [1.54, 1.807) is 30.6 Å². The monoisotopic (exact) mass is 508 g/mol. The number of pyridine rings is 1. The van der Waals surface area contributed by atoms with E-state index in [9.17, 15) is 5.26 Å². The van der Waals surface area contributed by atoms with E-state index in [-0.39, 0.29) is 11.5 Å². The van der Waals surface area contributed by atoms with Crippen LogP contribution in [0.25, 0.3) is 16.0 Å². The Labute approximate surface area is 212 Å². The second-order valence-electron chi connectivity index (χ2n) is 7.50. The highest BCUT2D eigenvalue weighted by atomic mass is 32.2. The van der Waals surface area contributed by atoms with Crippen molar-refractivity contribution < 1.29 is 14.2 Å². The number of benzene rings is 1. The van der Waals surface area contributed by atoms with Gasteiger partial charge in [-0.2, -0.15) is 5.26 Å². The maximum absolute atomic E-state index is 10.0. The number of thiazole rings is 1. The smallest absolute Gasteiger partial charge is 0.236 e. The van der Waals surface area contributed by atoms with Gasteiger partial charge < -0.3 is 24.8 Å². The molecule has 1 saturated heterocycles. The Bertz CT molecular complexity index is 1240. The summed E-state index contributed by atoms with van der Waals surface area (Å²) in [5.41, 5.74) is 8.73. The van der Waals surface area contributed by atoms with Gasteiger partial charge in [-0.25, -0.2) is 14.8 Å². The molecule has 0 spiro atoms. The lowest BCUT2D eigenvalue weighted by Crippen LogP contribution is -2.36. The van der Waals surface area contributed by atoms with Crippen LogP contribution < -0.4 is 15.4 Å². The number of aromatic nitrogens is 2. The molecular weight excluding hydrogens is 484 g/mol. The Morgan fingerprint density at radius 2 is 2.03 bits per heavy atom. The van der Waals surface area contributed by atoms with Crippen molar-refractivity contribution in [1.29, 1.82) is 5.26 Å². The fourth-order valence-electron chi connectivity index (χ4n) is 3.54. The van der Waals surface area contributed by atoms with E-state index in [0.717, 1.165) is 23.9 Å². The Balaban J connectivity index is 1.58. The molecule has 1 aromatic carbocycles. The van der Waals surface area contributed by atoms with Gasteiger partial charge in [0.15, 0.2) is 5.13 Å². The fraction of sp³-hybridized carbons (Fsp3) is 0.333. The summed E-state index contributed by atoms with van der Waals surface area (Å²) in [4.78, 5) is 14.9. The van der Waals surface area contributed by atoms with Crippen LogP contribution in [0.4, 0.5) is 16.6 Å². The summed E-state index contributed by atoms with van der Waals surface area (Å²) in [6.07, 6.45) is 0. The average molecular weight is 509 g/mol. The minimum atomic E-state index is 0.101. The molecule has 0 atom stereocenters. The molecule has 3 aromatic rings. The minimum Gasteiger partial charge on any atom is -0.491 e. The van der Waals surface area contributed by atoms with Gasteiger partial charge in [-0.05, 0) is 17.7 Å². The Kier molecular flexibility index (Phi) is 8.40. The third-order valence-electron chi connectivity index (χ3n) is 5.27. The van der Waals surface area contributed by atoms with E-state index >= 15 is 0 Å². The zero-order valence-corrected chi connectivity index (χ0v) is 20.8. The standard InChI is InChI=1S/C24H24N6O3S2/c1-27-21-20(16-3-5-18(6-4-16)33-12-11-31-2)19(13-25)23(29-22(21)26)34-14-17-15-35-24(28-17)30-7-9-32-10-8-30/h3-6,15H,7-12,14H2,2H3,(H2,26,29). The van der Waals surface area contributed by atoms with Crippen molar-refractivity contribution in [2.75, 3.05) is 57.3 Å². The average Bonchev–Trinajstić information content (AvgIpc) is 3.37. The molecule has 1 aliphatic heterocycles. The summed E-state index contributed by atoms with van der Waals surface area (Å²) < 4.78 is 16.0. The van der Waals surface area contributed by atoms with Crippen LogP contribution in [0.5, 0.6) is 5.75 Å². The molecule has 0 radical (unpaired) electrons. The van der Waals surface area contributed by atoms with Crippen molar-refractivity contribution in [2.24, 2.45) is 0 Å². The second kappa shape index (κ2) is 11.9. The largest absolute Gasteiger partial charge is 0.491 e. The molecule has 3 heterocycles. The second-order valence-corrected chi connectivity index (χ2v) is 9.30. The Hall–Kier alpha value is -3.35. The molecule has 4 rings (SSSR count). The van der Waals surface area contributed by atoms with E-state index in [2.05, 4.69) is 20.8 Å². The number of nitrogens with two attached hydrogens (primary N) is 1. The molecule has 0 unspecified atom stereocenters. The molecule has 0 aliphatic carbocycles. The highest BCUT2D eigenvalue weighted by Crippen LogP contribution is 2.42. The topological polar surface area (TPSA) is 111 Å². The van der Waals surface area contributed by atoms with Crippen molar-refractivity contribution in [2.45, 2.75) is 10.8 Å². The first-order valence-corrected chi connectivity index (χ1v) is 12.7. The summed E-state index contributed by atoms with van der Waals surface area (Å²) in [7, 11) is 1.61. The van der Waals surface area contributed by atoms with E-state index in [1.165, 1.54) is 11.8 Å². The highest BCUT2D eigenvalue weighted by Gasteiger charge is 2.21. The van der Waals surface area contributed by atoms with Gasteiger partial charge in [0, 0.05) is 36.9 Å². The molecule has 0 bridgehead atoms. The van der Waals surface area contributed by atoms with E-state index in [1.807, 2.05) is 17.5 Å². The van der Waals surface area contributed by atoms with Crippen LogP contribution in [0.15, 0.2) is 34.7 Å². The zero-order chi connectivity index (χ0) is 24.6. The van der Waals surface area contributed by atoms with Crippen LogP contribution in [0.2, 0.25) is 0 Å². The van der Waals surface area contributed by atoms with Gasteiger partial charge in [0.05, 0.1) is 37.7 Å². The number of hydrogen-bond donors (Lipinski definition) is 1. The van der Waals surface area contributed by atoms with Gasteiger partial charge in [-0.3, -0.25) is 0 Å². The zero-order valence-electron chi connectivity index (χ0n) is 19.2. The van der Waals surface area contributed by atoms with Gasteiger partial charge in [0.25, 0.3) is 0 Å². The van der Waals surface area contributed by atoms with Crippen LogP contribution in [-0.4, -0.2) is 56.6 Å². The van der Waals surface area contributed by atoms with Crippen molar-refractivity contribution >= 4 is 39.7 Å². The van der Waals surface area contributed by atoms with Gasteiger partial charge in [0.1, 0.15) is 29.3 Å². The molecular formula is C24H24N6O3S2. The van der Waals surface area contributed by atoms with Crippen LogP contribution in [0.1, 0.15) is 11.3 Å². The van der Waals surface area contributed by atoms with Crippen molar-refractivity contribution in [3.63, 3.8) is 0 Å². The number of methoxy groups -OCH3 is 1. The number of hydrogen-bond acceptors (Lipinski definition) is 10. The molecule has 35 heavy (non-hydrogen) atoms. The maximum Gasteiger partial charge on any atom is 0.236 e. The van der Waals surface area contributed by atoms with Crippen LogP contribution in [0, 0.1) is 17.9 Å². The van der Waals surface area contributed by atoms with Gasteiger partial charge in [-0.15, -0.1) is 11.3 Å². The predicted octanol–water partition coefficient (Wildman–Crippen LogP) is 4.36. The lowest BCUT2D eigenvalue weighted by atomic mass is 10.00. The van der Waals surface area contributed by atoms with Crippen molar-refractivity contribution in [3.8, 4) is 22.9 Å². The molecule has 180 valence electrons. The van der Waals surface area contributed by atoms with Crippen LogP contribution in [0.3, 0.4) is 0 Å². The Morgan fingerprint density at radius 3 is 2.71 bits per heavy atom. The number of anilines is 2. The minimum absolute atomic E-state index is 0.101. The maximum atomic E-state index is 10.0. The molecule has 2 aromatic heterocycles. The lowest BCUT2D eigenvalue weighted by molar-refractivity contribution is 0.122. The first-order valence-electron chi connectivity index (χ1n) is 10.9. The number of rotatable bonds is 9. The molecule has 0 amide bonds. The normalized spacial score (nSPS) is 13.3. The number of thioether (sulfide) groups is 1. The third-order valence-corrected chi connectivity index (χ3v) is 7.23. The number of ether oxygens (including phenoxy) is 3. The van der Waals surface area contributed by atoms with Crippen LogP contribution >= 0.6 is 23.1 Å². The lowest BCUT2D eigenvalue weighted by Gasteiger charge is -2.26. The predicted molar refractivity (Wildman–Crippen MR) is 137 cm³/mol. The highest BCUT2D eigenvalue weighted by molar-refractivity contribution is 7.98.